The predicted molar refractivity (Wildman–Crippen MR) is 62.3 cm³/mol. The quantitative estimate of drug-likeness (QED) is 0.804. The number of aromatic nitrogens is 4. The molecular weight excluding hydrogens is 220 g/mol. The van der Waals surface area contributed by atoms with Crippen LogP contribution < -0.4 is 11.1 Å². The Morgan fingerprint density at radius 2 is 2.24 bits per heavy atom. The fraction of sp³-hybridized carbons (Fsp3) is 0.200. The summed E-state index contributed by atoms with van der Waals surface area (Å²) in [6.07, 6.45) is 1.78. The number of amides is 1. The molecule has 2 aromatic heterocycles. The van der Waals surface area contributed by atoms with Crippen molar-refractivity contribution in [2.24, 2.45) is 0 Å². The molecule has 0 radical (unpaired) electrons. The lowest BCUT2D eigenvalue weighted by Crippen LogP contribution is -2.15. The first-order valence-corrected chi connectivity index (χ1v) is 5.13. The van der Waals surface area contributed by atoms with Crippen molar-refractivity contribution in [3.63, 3.8) is 0 Å². The van der Waals surface area contributed by atoms with E-state index in [4.69, 9.17) is 5.73 Å². The lowest BCUT2D eigenvalue weighted by atomic mass is 10.3. The maximum atomic E-state index is 11.7. The molecule has 2 rings (SSSR count). The van der Waals surface area contributed by atoms with Gasteiger partial charge in [-0.2, -0.15) is 5.10 Å². The lowest BCUT2D eigenvalue weighted by Gasteiger charge is -2.00. The minimum absolute atomic E-state index is 0.199. The standard InChI is InChI=1S/C10H12N6O/c1-2-16-6-5-9(15-16)12-10(17)7-3-4-8(11)14-13-7/h3-6H,2H2,1H3,(H2,11,14)(H,12,15,17). The molecule has 0 aliphatic rings. The third-order valence-electron chi connectivity index (χ3n) is 2.12. The van der Waals surface area contributed by atoms with Crippen LogP contribution >= 0.6 is 0 Å². The van der Waals surface area contributed by atoms with Gasteiger partial charge in [-0.25, -0.2) is 0 Å². The number of carbonyl (C=O) groups excluding carboxylic acids is 1. The van der Waals surface area contributed by atoms with Gasteiger partial charge >= 0.3 is 0 Å². The summed E-state index contributed by atoms with van der Waals surface area (Å²) in [5.74, 6) is 0.395. The summed E-state index contributed by atoms with van der Waals surface area (Å²) in [6.45, 7) is 2.71. The van der Waals surface area contributed by atoms with Gasteiger partial charge < -0.3 is 11.1 Å². The molecule has 0 atom stereocenters. The van der Waals surface area contributed by atoms with Crippen LogP contribution in [-0.4, -0.2) is 25.9 Å². The summed E-state index contributed by atoms with van der Waals surface area (Å²) in [5.41, 5.74) is 5.58. The van der Waals surface area contributed by atoms with Crippen molar-refractivity contribution in [1.29, 1.82) is 0 Å². The molecule has 7 heteroatoms. The highest BCUT2D eigenvalue weighted by Gasteiger charge is 2.09. The first-order valence-electron chi connectivity index (χ1n) is 5.13. The van der Waals surface area contributed by atoms with Crippen molar-refractivity contribution in [2.45, 2.75) is 13.5 Å². The minimum atomic E-state index is -0.362. The Morgan fingerprint density at radius 1 is 1.41 bits per heavy atom. The number of nitrogens with zero attached hydrogens (tertiary/aromatic N) is 4. The Labute approximate surface area is 97.6 Å². The van der Waals surface area contributed by atoms with Crippen LogP contribution in [0.1, 0.15) is 17.4 Å². The Kier molecular flexibility index (Phi) is 2.99. The third-order valence-corrected chi connectivity index (χ3v) is 2.12. The largest absolute Gasteiger partial charge is 0.382 e. The van der Waals surface area contributed by atoms with Gasteiger partial charge in [-0.05, 0) is 19.1 Å². The summed E-state index contributed by atoms with van der Waals surface area (Å²) < 4.78 is 1.71. The van der Waals surface area contributed by atoms with Gasteiger partial charge in [0.2, 0.25) is 0 Å². The van der Waals surface area contributed by atoms with Crippen molar-refractivity contribution in [3.8, 4) is 0 Å². The van der Waals surface area contributed by atoms with E-state index in [2.05, 4.69) is 20.6 Å². The molecule has 2 heterocycles. The molecule has 0 fully saturated rings. The van der Waals surface area contributed by atoms with Crippen LogP contribution in [0.15, 0.2) is 24.4 Å². The number of hydrogen-bond acceptors (Lipinski definition) is 5. The molecule has 17 heavy (non-hydrogen) atoms. The molecule has 0 spiro atoms. The zero-order valence-corrected chi connectivity index (χ0v) is 9.29. The van der Waals surface area contributed by atoms with Gasteiger partial charge in [-0.15, -0.1) is 10.2 Å². The second-order valence-electron chi connectivity index (χ2n) is 3.35. The van der Waals surface area contributed by atoms with Crippen LogP contribution in [-0.2, 0) is 6.54 Å². The van der Waals surface area contributed by atoms with Gasteiger partial charge in [0, 0.05) is 18.8 Å². The lowest BCUT2D eigenvalue weighted by molar-refractivity contribution is 0.102. The maximum absolute atomic E-state index is 11.7. The normalized spacial score (nSPS) is 10.2. The van der Waals surface area contributed by atoms with Gasteiger partial charge in [0.05, 0.1) is 0 Å². The van der Waals surface area contributed by atoms with Crippen LogP contribution in [0.25, 0.3) is 0 Å². The predicted octanol–water partition coefficient (Wildman–Crippen LogP) is 0.527. The van der Waals surface area contributed by atoms with Crippen molar-refractivity contribution in [1.82, 2.24) is 20.0 Å². The Morgan fingerprint density at radius 3 is 2.82 bits per heavy atom. The number of anilines is 2. The number of rotatable bonds is 3. The molecule has 2 aromatic rings. The highest BCUT2D eigenvalue weighted by Crippen LogP contribution is 2.05. The smallest absolute Gasteiger partial charge is 0.277 e. The minimum Gasteiger partial charge on any atom is -0.382 e. The van der Waals surface area contributed by atoms with Gasteiger partial charge in [-0.1, -0.05) is 0 Å². The third kappa shape index (κ3) is 2.57. The number of carbonyl (C=O) groups is 1. The van der Waals surface area contributed by atoms with E-state index < -0.39 is 0 Å². The van der Waals surface area contributed by atoms with Crippen molar-refractivity contribution < 1.29 is 4.79 Å². The van der Waals surface area contributed by atoms with Crippen molar-refractivity contribution in [3.05, 3.63) is 30.1 Å². The van der Waals surface area contributed by atoms with E-state index in [9.17, 15) is 4.79 Å². The van der Waals surface area contributed by atoms with Crippen LogP contribution in [0.3, 0.4) is 0 Å². The van der Waals surface area contributed by atoms with Gasteiger partial charge in [0.25, 0.3) is 5.91 Å². The number of aryl methyl sites for hydroxylation is 1. The molecule has 1 amide bonds. The van der Waals surface area contributed by atoms with Crippen LogP contribution in [0.5, 0.6) is 0 Å². The number of nitrogens with two attached hydrogens (primary N) is 1. The topological polar surface area (TPSA) is 98.7 Å². The van der Waals surface area contributed by atoms with Crippen molar-refractivity contribution in [2.75, 3.05) is 11.1 Å². The zero-order valence-electron chi connectivity index (χ0n) is 9.29. The second-order valence-corrected chi connectivity index (χ2v) is 3.35. The summed E-state index contributed by atoms with van der Waals surface area (Å²) in [6, 6.07) is 4.74. The Hall–Kier alpha value is -2.44. The van der Waals surface area contributed by atoms with Gasteiger partial charge in [-0.3, -0.25) is 9.48 Å². The van der Waals surface area contributed by atoms with E-state index in [1.807, 2.05) is 6.92 Å². The van der Waals surface area contributed by atoms with Crippen molar-refractivity contribution >= 4 is 17.5 Å². The molecule has 0 aliphatic heterocycles. The fourth-order valence-electron chi connectivity index (χ4n) is 1.25. The number of nitrogen functional groups attached to an aromatic ring is 1. The van der Waals surface area contributed by atoms with E-state index in [1.54, 1.807) is 16.9 Å². The highest BCUT2D eigenvalue weighted by atomic mass is 16.2. The van der Waals surface area contributed by atoms with Crippen LogP contribution in [0, 0.1) is 0 Å². The molecule has 7 nitrogen and oxygen atoms in total. The Bertz CT molecular complexity index is 518. The maximum Gasteiger partial charge on any atom is 0.277 e. The molecule has 0 aliphatic carbocycles. The zero-order chi connectivity index (χ0) is 12.3. The molecule has 0 saturated carbocycles. The Balaban J connectivity index is 2.08. The summed E-state index contributed by atoms with van der Waals surface area (Å²) in [4.78, 5) is 11.7. The molecule has 0 saturated heterocycles. The molecule has 3 N–H and O–H groups in total. The molecular formula is C10H12N6O. The average molecular weight is 232 g/mol. The van der Waals surface area contributed by atoms with Gasteiger partial charge in [0.15, 0.2) is 11.5 Å². The average Bonchev–Trinajstić information content (AvgIpc) is 2.77. The van der Waals surface area contributed by atoms with Gasteiger partial charge in [0.1, 0.15) is 5.82 Å². The first-order chi connectivity index (χ1) is 8.19. The summed E-state index contributed by atoms with van der Waals surface area (Å²) >= 11 is 0. The highest BCUT2D eigenvalue weighted by molar-refractivity contribution is 6.02. The summed E-state index contributed by atoms with van der Waals surface area (Å²) in [5, 5.41) is 14.0. The molecule has 0 aromatic carbocycles. The number of hydrogen-bond donors (Lipinski definition) is 2. The molecule has 0 unspecified atom stereocenters. The molecule has 0 bridgehead atoms. The number of nitrogens with one attached hydrogen (secondary N) is 1. The molecule has 88 valence electrons. The van der Waals surface area contributed by atoms with E-state index in [0.29, 0.717) is 5.82 Å². The SMILES string of the molecule is CCn1ccc(NC(=O)c2ccc(N)nn2)n1. The van der Waals surface area contributed by atoms with E-state index in [0.717, 1.165) is 6.54 Å². The van der Waals surface area contributed by atoms with Crippen LogP contribution in [0.4, 0.5) is 11.6 Å². The monoisotopic (exact) mass is 232 g/mol. The van der Waals surface area contributed by atoms with Crippen LogP contribution in [0.2, 0.25) is 0 Å². The first kappa shape index (κ1) is 11.1. The van der Waals surface area contributed by atoms with E-state index in [1.165, 1.54) is 12.1 Å². The van der Waals surface area contributed by atoms with E-state index in [-0.39, 0.29) is 17.4 Å². The summed E-state index contributed by atoms with van der Waals surface area (Å²) in [7, 11) is 0. The second kappa shape index (κ2) is 4.60. The fourth-order valence-corrected chi connectivity index (χ4v) is 1.25. The van der Waals surface area contributed by atoms with E-state index >= 15 is 0 Å².